The van der Waals surface area contributed by atoms with Gasteiger partial charge in [0.05, 0.1) is 26.7 Å². The van der Waals surface area contributed by atoms with Gasteiger partial charge in [0.2, 0.25) is 5.91 Å². The first-order valence-corrected chi connectivity index (χ1v) is 8.40. The van der Waals surface area contributed by atoms with E-state index >= 15 is 0 Å². The van der Waals surface area contributed by atoms with E-state index in [-0.39, 0.29) is 18.2 Å². The van der Waals surface area contributed by atoms with Gasteiger partial charge in [-0.25, -0.2) is 0 Å². The van der Waals surface area contributed by atoms with Crippen LogP contribution in [0.3, 0.4) is 0 Å². The number of carbonyl (C=O) groups excluding carboxylic acids is 2. The van der Waals surface area contributed by atoms with Crippen molar-refractivity contribution in [3.63, 3.8) is 0 Å². The van der Waals surface area contributed by atoms with Gasteiger partial charge in [-0.05, 0) is 29.3 Å². The molecule has 1 N–H and O–H groups in total. The molecule has 1 unspecified atom stereocenters. The van der Waals surface area contributed by atoms with E-state index in [1.807, 2.05) is 36.4 Å². The Bertz CT molecular complexity index is 834. The Morgan fingerprint density at radius 1 is 1.15 bits per heavy atom. The molecular weight excluding hydrogens is 332 g/mol. The largest absolute Gasteiger partial charge is 0.493 e. The van der Waals surface area contributed by atoms with Gasteiger partial charge in [-0.15, -0.1) is 0 Å². The molecule has 0 saturated carbocycles. The van der Waals surface area contributed by atoms with E-state index in [2.05, 4.69) is 5.32 Å². The molecule has 0 aromatic heterocycles. The van der Waals surface area contributed by atoms with Crippen LogP contribution in [0.25, 0.3) is 0 Å². The zero-order chi connectivity index (χ0) is 18.7. The third-order valence-electron chi connectivity index (χ3n) is 4.68. The summed E-state index contributed by atoms with van der Waals surface area (Å²) in [5.74, 6) is 0.972. The second-order valence-corrected chi connectivity index (χ2v) is 6.10. The Morgan fingerprint density at radius 2 is 1.88 bits per heavy atom. The van der Waals surface area contributed by atoms with Gasteiger partial charge < -0.3 is 19.7 Å². The van der Waals surface area contributed by atoms with Gasteiger partial charge in [0.1, 0.15) is 0 Å². The van der Waals surface area contributed by atoms with Crippen molar-refractivity contribution >= 4 is 11.8 Å². The molecule has 0 saturated heterocycles. The van der Waals surface area contributed by atoms with Crippen LogP contribution >= 0.6 is 0 Å². The number of hydrogen-bond donors (Lipinski definition) is 1. The molecule has 1 atom stereocenters. The van der Waals surface area contributed by atoms with Crippen molar-refractivity contribution in [1.82, 2.24) is 10.2 Å². The van der Waals surface area contributed by atoms with Crippen molar-refractivity contribution in [1.29, 1.82) is 0 Å². The van der Waals surface area contributed by atoms with E-state index in [0.29, 0.717) is 23.6 Å². The number of rotatable bonds is 6. The molecule has 1 aliphatic heterocycles. The number of amides is 2. The van der Waals surface area contributed by atoms with Crippen molar-refractivity contribution < 1.29 is 19.1 Å². The molecule has 2 amide bonds. The number of methoxy groups -OCH3 is 2. The van der Waals surface area contributed by atoms with E-state index in [1.165, 1.54) is 0 Å². The summed E-state index contributed by atoms with van der Waals surface area (Å²) in [6.45, 7) is 0.477. The lowest BCUT2D eigenvalue weighted by atomic mass is 10.0. The average molecular weight is 354 g/mol. The van der Waals surface area contributed by atoms with E-state index in [9.17, 15) is 9.59 Å². The molecule has 3 rings (SSSR count). The topological polar surface area (TPSA) is 67.9 Å². The molecule has 0 radical (unpaired) electrons. The molecule has 0 bridgehead atoms. The molecule has 1 aliphatic rings. The van der Waals surface area contributed by atoms with Crippen LogP contribution in [0.1, 0.15) is 33.9 Å². The maximum absolute atomic E-state index is 12.9. The van der Waals surface area contributed by atoms with Crippen LogP contribution in [0.15, 0.2) is 42.5 Å². The smallest absolute Gasteiger partial charge is 0.255 e. The first-order chi connectivity index (χ1) is 12.6. The Hall–Kier alpha value is -3.02. The normalized spacial score (nSPS) is 14.0. The van der Waals surface area contributed by atoms with Gasteiger partial charge in [0, 0.05) is 19.2 Å². The first-order valence-electron chi connectivity index (χ1n) is 8.40. The van der Waals surface area contributed by atoms with Crippen LogP contribution < -0.4 is 14.8 Å². The second kappa shape index (κ2) is 7.47. The Labute approximate surface area is 152 Å². The number of ether oxygens (including phenoxy) is 2. The van der Waals surface area contributed by atoms with E-state index in [0.717, 1.165) is 11.1 Å². The highest BCUT2D eigenvalue weighted by atomic mass is 16.5. The highest BCUT2D eigenvalue weighted by Gasteiger charge is 2.34. The monoisotopic (exact) mass is 354 g/mol. The van der Waals surface area contributed by atoms with Crippen molar-refractivity contribution in [2.24, 2.45) is 0 Å². The molecule has 0 spiro atoms. The van der Waals surface area contributed by atoms with Crippen LogP contribution in [0.5, 0.6) is 11.5 Å². The van der Waals surface area contributed by atoms with E-state index in [1.54, 1.807) is 32.2 Å². The predicted octanol–water partition coefficient (Wildman–Crippen LogP) is 2.54. The molecule has 26 heavy (non-hydrogen) atoms. The minimum Gasteiger partial charge on any atom is -0.493 e. The molecule has 136 valence electrons. The number of benzene rings is 2. The van der Waals surface area contributed by atoms with E-state index in [4.69, 9.17) is 9.47 Å². The summed E-state index contributed by atoms with van der Waals surface area (Å²) >= 11 is 0. The van der Waals surface area contributed by atoms with Crippen molar-refractivity contribution in [2.75, 3.05) is 21.3 Å². The summed E-state index contributed by atoms with van der Waals surface area (Å²) in [6.07, 6.45) is 0.172. The molecule has 0 fully saturated rings. The van der Waals surface area contributed by atoms with Crippen LogP contribution in [0, 0.1) is 0 Å². The second-order valence-electron chi connectivity index (χ2n) is 6.10. The van der Waals surface area contributed by atoms with Crippen molar-refractivity contribution in [3.8, 4) is 11.5 Å². The standard InChI is InChI=1S/C20H22N2O4/c1-21-19(23)11-16(13-8-9-17(25-2)18(10-13)26-3)22-12-14-6-4-5-7-15(14)20(22)24/h4-10,16H,11-12H2,1-3H3,(H,21,23). The lowest BCUT2D eigenvalue weighted by Gasteiger charge is -2.28. The summed E-state index contributed by atoms with van der Waals surface area (Å²) < 4.78 is 10.7. The van der Waals surface area contributed by atoms with Gasteiger partial charge in [-0.2, -0.15) is 0 Å². The van der Waals surface area contributed by atoms with Crippen LogP contribution in [0.4, 0.5) is 0 Å². The lowest BCUT2D eigenvalue weighted by molar-refractivity contribution is -0.121. The summed E-state index contributed by atoms with van der Waals surface area (Å²) in [7, 11) is 4.72. The molecule has 6 nitrogen and oxygen atoms in total. The van der Waals surface area contributed by atoms with Gasteiger partial charge in [-0.1, -0.05) is 24.3 Å². The third kappa shape index (κ3) is 3.22. The van der Waals surface area contributed by atoms with Crippen LogP contribution in [-0.2, 0) is 11.3 Å². The van der Waals surface area contributed by atoms with E-state index < -0.39 is 6.04 Å². The molecule has 0 aliphatic carbocycles. The highest BCUT2D eigenvalue weighted by Crippen LogP contribution is 2.37. The fraction of sp³-hybridized carbons (Fsp3) is 0.300. The van der Waals surface area contributed by atoms with Crippen LogP contribution in [-0.4, -0.2) is 38.0 Å². The number of carbonyl (C=O) groups is 2. The van der Waals surface area contributed by atoms with Gasteiger partial charge in [0.15, 0.2) is 11.5 Å². The minimum atomic E-state index is -0.394. The summed E-state index contributed by atoms with van der Waals surface area (Å²) in [5.41, 5.74) is 2.49. The number of fused-ring (bicyclic) bond motifs is 1. The summed E-state index contributed by atoms with van der Waals surface area (Å²) in [5, 5.41) is 2.64. The summed E-state index contributed by atoms with van der Waals surface area (Å²) in [6, 6.07) is 12.6. The first kappa shape index (κ1) is 17.8. The van der Waals surface area contributed by atoms with Gasteiger partial charge in [0.25, 0.3) is 5.91 Å². The molecular formula is C20H22N2O4. The number of nitrogens with one attached hydrogen (secondary N) is 1. The maximum Gasteiger partial charge on any atom is 0.255 e. The van der Waals surface area contributed by atoms with Gasteiger partial charge >= 0.3 is 0 Å². The minimum absolute atomic E-state index is 0.0655. The quantitative estimate of drug-likeness (QED) is 0.866. The van der Waals surface area contributed by atoms with Crippen molar-refractivity contribution in [3.05, 3.63) is 59.2 Å². The third-order valence-corrected chi connectivity index (χ3v) is 4.68. The SMILES string of the molecule is CNC(=O)CC(c1ccc(OC)c(OC)c1)N1Cc2ccccc2C1=O. The maximum atomic E-state index is 12.9. The van der Waals surface area contributed by atoms with Gasteiger partial charge in [-0.3, -0.25) is 9.59 Å². The molecule has 6 heteroatoms. The zero-order valence-corrected chi connectivity index (χ0v) is 15.1. The fourth-order valence-electron chi connectivity index (χ4n) is 3.27. The molecule has 2 aromatic carbocycles. The number of nitrogens with zero attached hydrogens (tertiary/aromatic N) is 1. The molecule has 1 heterocycles. The Kier molecular flexibility index (Phi) is 5.11. The zero-order valence-electron chi connectivity index (χ0n) is 15.1. The van der Waals surface area contributed by atoms with Crippen LogP contribution in [0.2, 0.25) is 0 Å². The highest BCUT2D eigenvalue weighted by molar-refractivity contribution is 5.98. The number of hydrogen-bond acceptors (Lipinski definition) is 4. The summed E-state index contributed by atoms with van der Waals surface area (Å²) in [4.78, 5) is 26.7. The lowest BCUT2D eigenvalue weighted by Crippen LogP contribution is -2.33. The molecule has 2 aromatic rings. The Balaban J connectivity index is 1.99. The fourth-order valence-corrected chi connectivity index (χ4v) is 3.27. The predicted molar refractivity (Wildman–Crippen MR) is 97.3 cm³/mol. The Morgan fingerprint density at radius 3 is 2.54 bits per heavy atom. The average Bonchev–Trinajstić information content (AvgIpc) is 3.02. The van der Waals surface area contributed by atoms with Crippen molar-refractivity contribution in [2.45, 2.75) is 19.0 Å².